The standard InChI is InChI=1S/C14H27N3O2/c1-3-16-14(13(15)18,11-4-5-11)10-17-8-6-12(19-2)7-9-17/h11-12,16H,3-10H2,1-2H3,(H2,15,18). The highest BCUT2D eigenvalue weighted by Gasteiger charge is 2.50. The minimum absolute atomic E-state index is 0.189. The highest BCUT2D eigenvalue weighted by molar-refractivity contribution is 5.86. The maximum Gasteiger partial charge on any atom is 0.239 e. The summed E-state index contributed by atoms with van der Waals surface area (Å²) in [7, 11) is 1.77. The van der Waals surface area contributed by atoms with Gasteiger partial charge in [0.25, 0.3) is 0 Å². The molecule has 1 unspecified atom stereocenters. The molecule has 5 nitrogen and oxygen atoms in total. The topological polar surface area (TPSA) is 67.6 Å². The number of amides is 1. The molecule has 1 atom stereocenters. The van der Waals surface area contributed by atoms with E-state index < -0.39 is 5.54 Å². The molecule has 5 heteroatoms. The number of nitrogens with two attached hydrogens (primary N) is 1. The molecule has 2 rings (SSSR count). The Kier molecular flexibility index (Phi) is 4.81. The van der Waals surface area contributed by atoms with Crippen molar-refractivity contribution in [1.82, 2.24) is 10.2 Å². The summed E-state index contributed by atoms with van der Waals surface area (Å²) in [6.07, 6.45) is 4.69. The molecule has 0 aromatic carbocycles. The van der Waals surface area contributed by atoms with Gasteiger partial charge in [-0.3, -0.25) is 4.79 Å². The Morgan fingerprint density at radius 3 is 2.42 bits per heavy atom. The quantitative estimate of drug-likeness (QED) is 0.699. The van der Waals surface area contributed by atoms with Crippen LogP contribution in [-0.4, -0.2) is 55.7 Å². The highest BCUT2D eigenvalue weighted by Crippen LogP contribution is 2.40. The van der Waals surface area contributed by atoms with Gasteiger partial charge in [0, 0.05) is 26.7 Å². The van der Waals surface area contributed by atoms with Crippen molar-refractivity contribution >= 4 is 5.91 Å². The predicted octanol–water partition coefficient (Wildman–Crippen LogP) is 0.341. The van der Waals surface area contributed by atoms with Crippen LogP contribution in [0.25, 0.3) is 0 Å². The second kappa shape index (κ2) is 6.20. The summed E-state index contributed by atoms with van der Waals surface area (Å²) in [5, 5.41) is 3.38. The van der Waals surface area contributed by atoms with Crippen LogP contribution in [0, 0.1) is 5.92 Å². The molecule has 1 heterocycles. The zero-order chi connectivity index (χ0) is 13.9. The van der Waals surface area contributed by atoms with Gasteiger partial charge >= 0.3 is 0 Å². The molecule has 3 N–H and O–H groups in total. The van der Waals surface area contributed by atoms with E-state index in [0.717, 1.165) is 51.9 Å². The van der Waals surface area contributed by atoms with Gasteiger partial charge in [-0.2, -0.15) is 0 Å². The third kappa shape index (κ3) is 3.27. The van der Waals surface area contributed by atoms with E-state index in [0.29, 0.717) is 12.0 Å². The maximum absolute atomic E-state index is 12.0. The molecule has 1 aliphatic heterocycles. The number of primary amides is 1. The molecule has 1 aliphatic carbocycles. The molecular weight excluding hydrogens is 242 g/mol. The average Bonchev–Trinajstić information content (AvgIpc) is 3.23. The van der Waals surface area contributed by atoms with Crippen molar-refractivity contribution < 1.29 is 9.53 Å². The van der Waals surface area contributed by atoms with Crippen LogP contribution in [0.1, 0.15) is 32.6 Å². The van der Waals surface area contributed by atoms with Gasteiger partial charge in [0.15, 0.2) is 0 Å². The molecule has 110 valence electrons. The van der Waals surface area contributed by atoms with Gasteiger partial charge < -0.3 is 20.7 Å². The highest BCUT2D eigenvalue weighted by atomic mass is 16.5. The van der Waals surface area contributed by atoms with Crippen molar-refractivity contribution in [3.63, 3.8) is 0 Å². The van der Waals surface area contributed by atoms with E-state index in [4.69, 9.17) is 10.5 Å². The summed E-state index contributed by atoms with van der Waals surface area (Å²) in [6.45, 7) is 5.56. The van der Waals surface area contributed by atoms with Gasteiger partial charge in [-0.15, -0.1) is 0 Å². The van der Waals surface area contributed by atoms with Crippen molar-refractivity contribution in [3.05, 3.63) is 0 Å². The Labute approximate surface area is 115 Å². The van der Waals surface area contributed by atoms with Crippen molar-refractivity contribution in [2.45, 2.75) is 44.2 Å². The van der Waals surface area contributed by atoms with Gasteiger partial charge in [0.1, 0.15) is 5.54 Å². The van der Waals surface area contributed by atoms with E-state index in [2.05, 4.69) is 10.2 Å². The van der Waals surface area contributed by atoms with Crippen molar-refractivity contribution in [2.75, 3.05) is 33.3 Å². The van der Waals surface area contributed by atoms with Gasteiger partial charge in [-0.05, 0) is 38.1 Å². The fourth-order valence-electron chi connectivity index (χ4n) is 3.24. The van der Waals surface area contributed by atoms with E-state index in [1.165, 1.54) is 0 Å². The molecule has 0 radical (unpaired) electrons. The van der Waals surface area contributed by atoms with Crippen molar-refractivity contribution in [1.29, 1.82) is 0 Å². The van der Waals surface area contributed by atoms with Gasteiger partial charge in [-0.25, -0.2) is 0 Å². The largest absolute Gasteiger partial charge is 0.381 e. The lowest BCUT2D eigenvalue weighted by Gasteiger charge is -2.39. The normalized spacial score (nSPS) is 25.2. The van der Waals surface area contributed by atoms with Crippen LogP contribution < -0.4 is 11.1 Å². The van der Waals surface area contributed by atoms with E-state index in [1.807, 2.05) is 6.92 Å². The minimum atomic E-state index is -0.519. The van der Waals surface area contributed by atoms with Gasteiger partial charge in [0.2, 0.25) is 5.91 Å². The Bertz CT molecular complexity index is 312. The Balaban J connectivity index is 1.98. The number of hydrogen-bond donors (Lipinski definition) is 2. The third-order valence-electron chi connectivity index (χ3n) is 4.55. The van der Waals surface area contributed by atoms with E-state index >= 15 is 0 Å². The number of hydrogen-bond acceptors (Lipinski definition) is 4. The fourth-order valence-corrected chi connectivity index (χ4v) is 3.24. The predicted molar refractivity (Wildman–Crippen MR) is 74.8 cm³/mol. The number of likely N-dealkylation sites (tertiary alicyclic amines) is 1. The molecule has 0 spiro atoms. The van der Waals surface area contributed by atoms with Crippen LogP contribution in [0.4, 0.5) is 0 Å². The Morgan fingerprint density at radius 1 is 1.37 bits per heavy atom. The van der Waals surface area contributed by atoms with Crippen LogP contribution in [0.5, 0.6) is 0 Å². The molecule has 1 amide bonds. The number of rotatable bonds is 7. The van der Waals surface area contributed by atoms with Crippen LogP contribution in [0.15, 0.2) is 0 Å². The first kappa shape index (κ1) is 14.8. The number of piperidine rings is 1. The number of carbonyl (C=O) groups is 1. The molecule has 2 aliphatic rings. The van der Waals surface area contributed by atoms with Crippen LogP contribution in [-0.2, 0) is 9.53 Å². The Hall–Kier alpha value is -0.650. The molecule has 1 saturated carbocycles. The van der Waals surface area contributed by atoms with Crippen LogP contribution in [0.3, 0.4) is 0 Å². The SMILES string of the molecule is CCNC(CN1CCC(OC)CC1)(C(N)=O)C1CC1. The number of nitrogens with one attached hydrogen (secondary N) is 1. The van der Waals surface area contributed by atoms with Gasteiger partial charge in [0.05, 0.1) is 6.10 Å². The molecular formula is C14H27N3O2. The monoisotopic (exact) mass is 269 g/mol. The zero-order valence-corrected chi connectivity index (χ0v) is 12.2. The number of carbonyl (C=O) groups excluding carboxylic acids is 1. The summed E-state index contributed by atoms with van der Waals surface area (Å²) in [5.41, 5.74) is 5.20. The lowest BCUT2D eigenvalue weighted by Crippen LogP contribution is -2.63. The third-order valence-corrected chi connectivity index (χ3v) is 4.55. The Morgan fingerprint density at radius 2 is 2.00 bits per heavy atom. The number of ether oxygens (including phenoxy) is 1. The molecule has 19 heavy (non-hydrogen) atoms. The van der Waals surface area contributed by atoms with E-state index in [-0.39, 0.29) is 5.91 Å². The average molecular weight is 269 g/mol. The zero-order valence-electron chi connectivity index (χ0n) is 12.2. The van der Waals surface area contributed by atoms with Crippen molar-refractivity contribution in [2.24, 2.45) is 11.7 Å². The van der Waals surface area contributed by atoms with E-state index in [9.17, 15) is 4.79 Å². The molecule has 1 saturated heterocycles. The lowest BCUT2D eigenvalue weighted by atomic mass is 9.90. The number of methoxy groups -OCH3 is 1. The first-order valence-electron chi connectivity index (χ1n) is 7.42. The molecule has 2 fully saturated rings. The van der Waals surface area contributed by atoms with Gasteiger partial charge in [-0.1, -0.05) is 6.92 Å². The van der Waals surface area contributed by atoms with Crippen LogP contribution >= 0.6 is 0 Å². The number of likely N-dealkylation sites (N-methyl/N-ethyl adjacent to an activating group) is 1. The number of nitrogens with zero attached hydrogens (tertiary/aromatic N) is 1. The fraction of sp³-hybridized carbons (Fsp3) is 0.929. The first-order chi connectivity index (χ1) is 9.12. The second-order valence-electron chi connectivity index (χ2n) is 5.85. The molecule has 0 aromatic rings. The smallest absolute Gasteiger partial charge is 0.239 e. The molecule has 0 aromatic heterocycles. The maximum atomic E-state index is 12.0. The summed E-state index contributed by atoms with van der Waals surface area (Å²) < 4.78 is 5.39. The van der Waals surface area contributed by atoms with E-state index in [1.54, 1.807) is 7.11 Å². The summed E-state index contributed by atoms with van der Waals surface area (Å²) in [5.74, 6) is 0.232. The molecule has 0 bridgehead atoms. The first-order valence-corrected chi connectivity index (χ1v) is 7.42. The second-order valence-corrected chi connectivity index (χ2v) is 5.85. The summed E-state index contributed by atoms with van der Waals surface area (Å²) in [6, 6.07) is 0. The lowest BCUT2D eigenvalue weighted by molar-refractivity contribution is -0.126. The summed E-state index contributed by atoms with van der Waals surface area (Å²) in [4.78, 5) is 14.4. The summed E-state index contributed by atoms with van der Waals surface area (Å²) >= 11 is 0. The minimum Gasteiger partial charge on any atom is -0.381 e. The van der Waals surface area contributed by atoms with Crippen molar-refractivity contribution in [3.8, 4) is 0 Å². The van der Waals surface area contributed by atoms with Crippen LogP contribution in [0.2, 0.25) is 0 Å².